The number of nitrogens with two attached hydrogens (primary N) is 1. The van der Waals surface area contributed by atoms with Gasteiger partial charge in [-0.25, -0.2) is 0 Å². The van der Waals surface area contributed by atoms with Crippen LogP contribution in [0.2, 0.25) is 0 Å². The third kappa shape index (κ3) is 1.94. The van der Waals surface area contributed by atoms with Crippen molar-refractivity contribution in [2.24, 2.45) is 17.7 Å². The highest BCUT2D eigenvalue weighted by atomic mass is 15.2. The smallest absolute Gasteiger partial charge is 0.0264 e. The molecule has 1 rings (SSSR count). The average Bonchev–Trinajstić information content (AvgIpc) is 1.94. The largest absolute Gasteiger partial charge is 0.271 e. The van der Waals surface area contributed by atoms with Crippen LogP contribution in [0.4, 0.5) is 0 Å². The van der Waals surface area contributed by atoms with Gasteiger partial charge in [0.2, 0.25) is 0 Å². The molecule has 2 atom stereocenters. The molecule has 11 heavy (non-hydrogen) atoms. The fourth-order valence-electron chi connectivity index (χ4n) is 1.82. The van der Waals surface area contributed by atoms with Crippen LogP contribution in [0, 0.1) is 11.8 Å². The summed E-state index contributed by atoms with van der Waals surface area (Å²) in [6, 6.07) is 0.564. The van der Waals surface area contributed by atoms with Gasteiger partial charge in [0, 0.05) is 6.04 Å². The first kappa shape index (κ1) is 9.01. The second-order valence-electron chi connectivity index (χ2n) is 3.77. The van der Waals surface area contributed by atoms with Gasteiger partial charge in [0.05, 0.1) is 0 Å². The quantitative estimate of drug-likeness (QED) is 0.480. The van der Waals surface area contributed by atoms with Crippen molar-refractivity contribution in [3.8, 4) is 0 Å². The fraction of sp³-hybridized carbons (Fsp3) is 1.00. The van der Waals surface area contributed by atoms with Gasteiger partial charge in [0.1, 0.15) is 0 Å². The molecule has 0 heterocycles. The molecule has 1 fully saturated rings. The van der Waals surface area contributed by atoms with Crippen molar-refractivity contribution in [1.29, 1.82) is 0 Å². The second-order valence-corrected chi connectivity index (χ2v) is 3.77. The van der Waals surface area contributed by atoms with E-state index < -0.39 is 0 Å². The van der Waals surface area contributed by atoms with E-state index in [1.807, 2.05) is 0 Å². The summed E-state index contributed by atoms with van der Waals surface area (Å²) in [6.07, 6.45) is 5.38. The summed E-state index contributed by atoms with van der Waals surface area (Å²) in [5.74, 6) is 7.09. The Balaban J connectivity index is 2.34. The summed E-state index contributed by atoms with van der Waals surface area (Å²) in [7, 11) is 0. The summed E-state index contributed by atoms with van der Waals surface area (Å²) in [6.45, 7) is 4.51. The van der Waals surface area contributed by atoms with E-state index in [1.54, 1.807) is 0 Å². The standard InChI is InChI=1S/C9H20N2/c1-3-7(2)9(11-10)8-5-4-6-8/h7-9,11H,3-6,10H2,1-2H3. The van der Waals surface area contributed by atoms with Crippen LogP contribution in [-0.2, 0) is 0 Å². The van der Waals surface area contributed by atoms with Crippen molar-refractivity contribution >= 4 is 0 Å². The molecule has 0 radical (unpaired) electrons. The van der Waals surface area contributed by atoms with Crippen molar-refractivity contribution in [2.45, 2.75) is 45.6 Å². The van der Waals surface area contributed by atoms with E-state index in [2.05, 4.69) is 19.3 Å². The van der Waals surface area contributed by atoms with Crippen LogP contribution in [0.25, 0.3) is 0 Å². The second kappa shape index (κ2) is 4.07. The van der Waals surface area contributed by atoms with Crippen molar-refractivity contribution in [1.82, 2.24) is 5.43 Å². The van der Waals surface area contributed by atoms with Gasteiger partial charge in [-0.15, -0.1) is 0 Å². The van der Waals surface area contributed by atoms with E-state index in [0.29, 0.717) is 6.04 Å². The minimum absolute atomic E-state index is 0.564. The van der Waals surface area contributed by atoms with Crippen LogP contribution in [0.15, 0.2) is 0 Å². The van der Waals surface area contributed by atoms with Crippen molar-refractivity contribution in [3.63, 3.8) is 0 Å². The maximum Gasteiger partial charge on any atom is 0.0264 e. The van der Waals surface area contributed by atoms with Crippen molar-refractivity contribution < 1.29 is 0 Å². The monoisotopic (exact) mass is 156 g/mol. The Kier molecular flexibility index (Phi) is 3.34. The Morgan fingerprint density at radius 1 is 1.55 bits per heavy atom. The van der Waals surface area contributed by atoms with Crippen LogP contribution in [0.5, 0.6) is 0 Å². The molecule has 0 aromatic rings. The molecule has 2 unspecified atom stereocenters. The van der Waals surface area contributed by atoms with E-state index in [0.717, 1.165) is 11.8 Å². The van der Waals surface area contributed by atoms with E-state index in [9.17, 15) is 0 Å². The van der Waals surface area contributed by atoms with E-state index >= 15 is 0 Å². The van der Waals surface area contributed by atoms with Gasteiger partial charge < -0.3 is 0 Å². The van der Waals surface area contributed by atoms with Gasteiger partial charge in [0.15, 0.2) is 0 Å². The highest BCUT2D eigenvalue weighted by molar-refractivity contribution is 4.84. The van der Waals surface area contributed by atoms with Crippen LogP contribution in [0.1, 0.15) is 39.5 Å². The molecule has 66 valence electrons. The lowest BCUT2D eigenvalue weighted by molar-refractivity contribution is 0.179. The van der Waals surface area contributed by atoms with Gasteiger partial charge in [-0.3, -0.25) is 11.3 Å². The summed E-state index contributed by atoms with van der Waals surface area (Å²) in [5, 5.41) is 0. The molecular formula is C9H20N2. The van der Waals surface area contributed by atoms with Crippen LogP contribution < -0.4 is 11.3 Å². The number of hydrogen-bond acceptors (Lipinski definition) is 2. The molecule has 0 saturated heterocycles. The van der Waals surface area contributed by atoms with Crippen LogP contribution >= 0.6 is 0 Å². The topological polar surface area (TPSA) is 38.0 Å². The Bertz CT molecular complexity index is 105. The van der Waals surface area contributed by atoms with Crippen molar-refractivity contribution in [2.75, 3.05) is 0 Å². The first-order valence-corrected chi connectivity index (χ1v) is 4.75. The molecule has 0 amide bonds. The SMILES string of the molecule is CCC(C)C(NN)C1CCC1. The van der Waals surface area contributed by atoms with Gasteiger partial charge in [-0.1, -0.05) is 26.7 Å². The minimum atomic E-state index is 0.564. The highest BCUT2D eigenvalue weighted by Crippen LogP contribution is 2.32. The van der Waals surface area contributed by atoms with Crippen LogP contribution in [-0.4, -0.2) is 6.04 Å². The molecule has 0 bridgehead atoms. The summed E-state index contributed by atoms with van der Waals surface area (Å²) in [5.41, 5.74) is 2.95. The van der Waals surface area contributed by atoms with E-state index in [-0.39, 0.29) is 0 Å². The number of nitrogens with one attached hydrogen (secondary N) is 1. The predicted molar refractivity (Wildman–Crippen MR) is 47.9 cm³/mol. The maximum absolute atomic E-state index is 5.51. The van der Waals surface area contributed by atoms with Crippen molar-refractivity contribution in [3.05, 3.63) is 0 Å². The van der Waals surface area contributed by atoms with Gasteiger partial charge >= 0.3 is 0 Å². The lowest BCUT2D eigenvalue weighted by atomic mass is 9.75. The first-order chi connectivity index (χ1) is 5.29. The number of rotatable bonds is 4. The zero-order chi connectivity index (χ0) is 8.27. The summed E-state index contributed by atoms with van der Waals surface area (Å²) in [4.78, 5) is 0. The molecule has 0 aliphatic heterocycles. The third-order valence-electron chi connectivity index (χ3n) is 3.11. The molecule has 2 nitrogen and oxygen atoms in total. The molecule has 1 saturated carbocycles. The predicted octanol–water partition coefficient (Wildman–Crippen LogP) is 1.66. The zero-order valence-corrected chi connectivity index (χ0v) is 7.64. The minimum Gasteiger partial charge on any atom is -0.271 e. The van der Waals surface area contributed by atoms with Crippen LogP contribution in [0.3, 0.4) is 0 Å². The van der Waals surface area contributed by atoms with Gasteiger partial charge in [0.25, 0.3) is 0 Å². The highest BCUT2D eigenvalue weighted by Gasteiger charge is 2.29. The molecule has 0 spiro atoms. The third-order valence-corrected chi connectivity index (χ3v) is 3.11. The molecule has 1 aliphatic rings. The van der Waals surface area contributed by atoms with Gasteiger partial charge in [-0.05, 0) is 24.7 Å². The normalized spacial score (nSPS) is 24.3. The lowest BCUT2D eigenvalue weighted by Gasteiger charge is -2.36. The maximum atomic E-state index is 5.51. The lowest BCUT2D eigenvalue weighted by Crippen LogP contribution is -2.47. The molecular weight excluding hydrogens is 136 g/mol. The molecule has 1 aliphatic carbocycles. The molecule has 0 aromatic carbocycles. The molecule has 2 heteroatoms. The van der Waals surface area contributed by atoms with E-state index in [1.165, 1.54) is 25.7 Å². The van der Waals surface area contributed by atoms with E-state index in [4.69, 9.17) is 5.84 Å². The molecule has 3 N–H and O–H groups in total. The summed E-state index contributed by atoms with van der Waals surface area (Å²) >= 11 is 0. The Hall–Kier alpha value is -0.0800. The Morgan fingerprint density at radius 2 is 2.18 bits per heavy atom. The number of hydrazine groups is 1. The fourth-order valence-corrected chi connectivity index (χ4v) is 1.82. The number of hydrogen-bond donors (Lipinski definition) is 2. The average molecular weight is 156 g/mol. The Morgan fingerprint density at radius 3 is 2.45 bits per heavy atom. The first-order valence-electron chi connectivity index (χ1n) is 4.75. The summed E-state index contributed by atoms with van der Waals surface area (Å²) < 4.78 is 0. The Labute approximate surface area is 69.5 Å². The molecule has 0 aromatic heterocycles. The zero-order valence-electron chi connectivity index (χ0n) is 7.64. The van der Waals surface area contributed by atoms with Gasteiger partial charge in [-0.2, -0.15) is 0 Å².